The number of methoxy groups -OCH3 is 2. The molecule has 0 unspecified atom stereocenters. The zero-order valence-electron chi connectivity index (χ0n) is 26.2. The molecule has 0 aliphatic rings. The number of rotatable bonds is 12. The summed E-state index contributed by atoms with van der Waals surface area (Å²) in [6.45, 7) is 10.6. The largest absolute Gasteiger partial charge is 0.598 e. The fourth-order valence-corrected chi connectivity index (χ4v) is 5.66. The Kier molecular flexibility index (Phi) is 10.8. The molecule has 0 saturated carbocycles. The Morgan fingerprint density at radius 3 is 1.75 bits per heavy atom. The van der Waals surface area contributed by atoms with Crippen LogP contribution in [0.3, 0.4) is 0 Å². The first-order valence-corrected chi connectivity index (χ1v) is 15.6. The van der Waals surface area contributed by atoms with Gasteiger partial charge in [0.2, 0.25) is 0 Å². The predicted molar refractivity (Wildman–Crippen MR) is 172 cm³/mol. The molecule has 0 aliphatic carbocycles. The van der Waals surface area contributed by atoms with Gasteiger partial charge < -0.3 is 18.9 Å². The molecule has 10 heteroatoms. The van der Waals surface area contributed by atoms with Crippen LogP contribution >= 0.6 is 0 Å². The number of benzene rings is 3. The lowest BCUT2D eigenvalue weighted by molar-refractivity contribution is 0.414. The van der Waals surface area contributed by atoms with Crippen LogP contribution in [0.1, 0.15) is 57.4 Å². The monoisotopic (exact) mass is 622 g/mol. The van der Waals surface area contributed by atoms with Crippen molar-refractivity contribution in [3.05, 3.63) is 101 Å². The van der Waals surface area contributed by atoms with E-state index >= 15 is 0 Å². The number of nitrogens with zero attached hydrogens (tertiary/aromatic N) is 3. The van der Waals surface area contributed by atoms with E-state index in [0.29, 0.717) is 30.2 Å². The van der Waals surface area contributed by atoms with Crippen molar-refractivity contribution in [2.24, 2.45) is 5.92 Å². The molecule has 4 rings (SSSR count). The highest BCUT2D eigenvalue weighted by molar-refractivity contribution is 7.90. The van der Waals surface area contributed by atoms with Gasteiger partial charge in [0, 0.05) is 41.6 Å². The van der Waals surface area contributed by atoms with Gasteiger partial charge in [-0.05, 0) is 80.3 Å². The molecule has 0 saturated heterocycles. The molecule has 0 amide bonds. The van der Waals surface area contributed by atoms with Crippen molar-refractivity contribution in [3.8, 4) is 22.8 Å². The van der Waals surface area contributed by atoms with Gasteiger partial charge in [0.25, 0.3) is 0 Å². The van der Waals surface area contributed by atoms with E-state index in [9.17, 15) is 13.3 Å². The number of hydrogen-bond acceptors (Lipinski definition) is 7. The third-order valence-electron chi connectivity index (χ3n) is 7.13. The fraction of sp³-hybridized carbons (Fsp3) is 0.353. The van der Waals surface area contributed by atoms with Crippen LogP contribution in [-0.4, -0.2) is 33.7 Å². The van der Waals surface area contributed by atoms with Crippen molar-refractivity contribution < 1.29 is 22.8 Å². The zero-order valence-corrected chi connectivity index (χ0v) is 27.0. The summed E-state index contributed by atoms with van der Waals surface area (Å²) >= 11 is -1.43. The highest BCUT2D eigenvalue weighted by Crippen LogP contribution is 2.35. The summed E-state index contributed by atoms with van der Waals surface area (Å²) in [6.07, 6.45) is 0. The van der Waals surface area contributed by atoms with E-state index in [1.165, 1.54) is 12.1 Å². The van der Waals surface area contributed by atoms with Crippen LogP contribution in [0.25, 0.3) is 11.3 Å². The highest BCUT2D eigenvalue weighted by Gasteiger charge is 2.33. The molecule has 3 aromatic carbocycles. The molecule has 0 aliphatic heterocycles. The lowest BCUT2D eigenvalue weighted by Crippen LogP contribution is -2.43. The van der Waals surface area contributed by atoms with Crippen LogP contribution in [0, 0.1) is 17.6 Å². The van der Waals surface area contributed by atoms with E-state index in [1.807, 2.05) is 89.2 Å². The van der Waals surface area contributed by atoms with Gasteiger partial charge in [0.15, 0.2) is 5.82 Å². The van der Waals surface area contributed by atoms with Gasteiger partial charge in [-0.3, -0.25) is 0 Å². The van der Waals surface area contributed by atoms with Crippen molar-refractivity contribution >= 4 is 17.2 Å². The molecule has 234 valence electrons. The molecule has 1 heterocycles. The number of hydrogen-bond donors (Lipinski definition) is 1. The molecule has 0 radical (unpaired) electrons. The van der Waals surface area contributed by atoms with E-state index in [-0.39, 0.29) is 11.5 Å². The Morgan fingerprint density at radius 1 is 0.818 bits per heavy atom. The smallest absolute Gasteiger partial charge is 0.152 e. The molecular weight excluding hydrogens is 582 g/mol. The molecule has 1 N–H and O–H groups in total. The summed E-state index contributed by atoms with van der Waals surface area (Å²) in [7, 11) is 3.25. The summed E-state index contributed by atoms with van der Waals surface area (Å²) in [4.78, 5) is 2.08. The second-order valence-electron chi connectivity index (χ2n) is 11.9. The van der Waals surface area contributed by atoms with Crippen LogP contribution in [0.2, 0.25) is 0 Å². The minimum atomic E-state index is -1.43. The molecule has 0 fully saturated rings. The zero-order chi connectivity index (χ0) is 32.0. The fourth-order valence-electron chi connectivity index (χ4n) is 4.67. The second kappa shape index (κ2) is 14.4. The Hall–Kier alpha value is -3.73. The average molecular weight is 623 g/mol. The standard InChI is InChI=1S/C34H40F2N4O3S/c1-22(2)32(39-44(41)34(3,4)5)30-19-31(37-38-33(30)25-16-26(35)18-27(36)17-25)40(20-23-8-12-28(42-6)13-9-23)21-24-10-14-29(43-7)15-11-24/h8-19,22,32,39H,20-21H2,1-7H3/t32-,44+/m0/s1. The average Bonchev–Trinajstić information content (AvgIpc) is 2.98. The minimum Gasteiger partial charge on any atom is -0.598 e. The van der Waals surface area contributed by atoms with Gasteiger partial charge in [-0.2, -0.15) is 0 Å². The second-order valence-corrected chi connectivity index (χ2v) is 13.9. The van der Waals surface area contributed by atoms with Crippen molar-refractivity contribution in [1.29, 1.82) is 0 Å². The van der Waals surface area contributed by atoms with Gasteiger partial charge in [0.1, 0.15) is 27.9 Å². The van der Waals surface area contributed by atoms with E-state index in [0.717, 1.165) is 28.7 Å². The first kappa shape index (κ1) is 33.2. The van der Waals surface area contributed by atoms with E-state index in [4.69, 9.17) is 9.47 Å². The van der Waals surface area contributed by atoms with Gasteiger partial charge in [0.05, 0.1) is 26.0 Å². The predicted octanol–water partition coefficient (Wildman–Crippen LogP) is 7.39. The van der Waals surface area contributed by atoms with Crippen LogP contribution in [-0.2, 0) is 24.5 Å². The molecule has 2 atom stereocenters. The SMILES string of the molecule is COc1ccc(CN(Cc2ccc(OC)cc2)c2cc([C@@H](N[S@+]([O-])C(C)(C)C)C(C)C)c(-c3cc(F)cc(F)c3)nn2)cc1. The summed E-state index contributed by atoms with van der Waals surface area (Å²) in [6, 6.07) is 20.3. The minimum absolute atomic E-state index is 0.0490. The van der Waals surface area contributed by atoms with Crippen LogP contribution in [0.5, 0.6) is 11.5 Å². The summed E-state index contributed by atoms with van der Waals surface area (Å²) in [5.74, 6) is 0.576. The lowest BCUT2D eigenvalue weighted by Gasteiger charge is -2.31. The molecule has 44 heavy (non-hydrogen) atoms. The number of ether oxygens (including phenoxy) is 2. The number of nitrogens with one attached hydrogen (secondary N) is 1. The molecule has 0 spiro atoms. The summed E-state index contributed by atoms with van der Waals surface area (Å²) in [5, 5.41) is 9.14. The topological polar surface area (TPSA) is 82.6 Å². The van der Waals surface area contributed by atoms with E-state index < -0.39 is 33.8 Å². The Labute approximate surface area is 261 Å². The first-order valence-electron chi connectivity index (χ1n) is 14.4. The maximum Gasteiger partial charge on any atom is 0.152 e. The van der Waals surface area contributed by atoms with E-state index in [1.54, 1.807) is 14.2 Å². The van der Waals surface area contributed by atoms with Gasteiger partial charge in [-0.15, -0.1) is 14.9 Å². The van der Waals surface area contributed by atoms with Crippen molar-refractivity contribution in [3.63, 3.8) is 0 Å². The number of aromatic nitrogens is 2. The molecule has 4 aromatic rings. The first-order chi connectivity index (χ1) is 20.9. The van der Waals surface area contributed by atoms with Crippen LogP contribution < -0.4 is 19.1 Å². The maximum absolute atomic E-state index is 14.4. The number of halogens is 2. The molecule has 1 aromatic heterocycles. The maximum atomic E-state index is 14.4. The third-order valence-corrected chi connectivity index (χ3v) is 8.71. The Bertz CT molecular complexity index is 1460. The van der Waals surface area contributed by atoms with Crippen molar-refractivity contribution in [2.75, 3.05) is 19.1 Å². The molecular formula is C34H40F2N4O3S. The quantitative estimate of drug-likeness (QED) is 0.165. The molecule has 0 bridgehead atoms. The van der Waals surface area contributed by atoms with E-state index in [2.05, 4.69) is 19.8 Å². The highest BCUT2D eigenvalue weighted by atomic mass is 32.2. The number of anilines is 1. The van der Waals surface area contributed by atoms with Crippen molar-refractivity contribution in [1.82, 2.24) is 14.9 Å². The molecule has 7 nitrogen and oxygen atoms in total. The summed E-state index contributed by atoms with van der Waals surface area (Å²) < 4.78 is 55.5. The third kappa shape index (κ3) is 8.46. The van der Waals surface area contributed by atoms with Crippen LogP contribution in [0.15, 0.2) is 72.8 Å². The van der Waals surface area contributed by atoms with Gasteiger partial charge in [-0.1, -0.05) is 38.1 Å². The van der Waals surface area contributed by atoms with Crippen molar-refractivity contribution in [2.45, 2.75) is 58.5 Å². The summed E-state index contributed by atoms with van der Waals surface area (Å²) in [5.41, 5.74) is 3.25. The van der Waals surface area contributed by atoms with Crippen LogP contribution in [0.4, 0.5) is 14.6 Å². The van der Waals surface area contributed by atoms with Gasteiger partial charge >= 0.3 is 0 Å². The normalized spacial score (nSPS) is 13.1. The Morgan fingerprint density at radius 2 is 1.32 bits per heavy atom. The Balaban J connectivity index is 1.85. The van der Waals surface area contributed by atoms with Gasteiger partial charge in [-0.25, -0.2) is 8.78 Å². The lowest BCUT2D eigenvalue weighted by atomic mass is 9.93.